The first-order chi connectivity index (χ1) is 34.4. The Kier molecular flexibility index (Phi) is 20.6. The number of hydrogen-bond acceptors (Lipinski definition) is 34. The molecule has 0 spiro atoms. The highest BCUT2D eigenvalue weighted by atomic mass is 16.8. The minimum atomic E-state index is -2.56. The highest BCUT2D eigenvalue weighted by molar-refractivity contribution is 5.71. The molecule has 0 amide bonds. The number of aliphatic hydroxyl groups is 16. The molecule has 73 heavy (non-hydrogen) atoms. The Hall–Kier alpha value is -1.81. The lowest BCUT2D eigenvalue weighted by Crippen LogP contribution is -2.72. The van der Waals surface area contributed by atoms with Crippen molar-refractivity contribution >= 4 is 5.97 Å². The van der Waals surface area contributed by atoms with E-state index in [4.69, 9.17) is 86.5 Å². The van der Waals surface area contributed by atoms with Crippen LogP contribution in [0.3, 0.4) is 0 Å². The van der Waals surface area contributed by atoms with Crippen LogP contribution in [-0.2, 0) is 56.9 Å². The molecular formula is C39H72N6O28. The maximum Gasteiger partial charge on any atom is 0.309 e. The molecule has 30 atom stereocenters. The van der Waals surface area contributed by atoms with E-state index < -0.39 is 241 Å². The van der Waals surface area contributed by atoms with Crippen molar-refractivity contribution in [3.05, 3.63) is 0 Å². The fourth-order valence-corrected chi connectivity index (χ4v) is 9.40. The van der Waals surface area contributed by atoms with E-state index >= 15 is 0 Å². The molecule has 6 saturated heterocycles. The Labute approximate surface area is 414 Å². The highest BCUT2D eigenvalue weighted by Gasteiger charge is 2.60. The van der Waals surface area contributed by atoms with Crippen molar-refractivity contribution in [2.24, 2.45) is 34.4 Å². The Bertz CT molecular complexity index is 1760. The molecular weight excluding hydrogens is 1000 g/mol. The first-order valence-electron chi connectivity index (χ1n) is 23.1. The quantitative estimate of drug-likeness (QED) is 0.0567. The van der Waals surface area contributed by atoms with Crippen LogP contribution < -0.4 is 34.4 Å². The third kappa shape index (κ3) is 12.0. The summed E-state index contributed by atoms with van der Waals surface area (Å²) in [6.07, 6.45) is -39.6. The molecule has 0 aromatic rings. The normalized spacial score (nSPS) is 51.9. The van der Waals surface area contributed by atoms with Gasteiger partial charge in [-0.2, -0.15) is 0 Å². The van der Waals surface area contributed by atoms with E-state index in [1.807, 2.05) is 0 Å². The van der Waals surface area contributed by atoms with Crippen LogP contribution in [0.25, 0.3) is 0 Å². The van der Waals surface area contributed by atoms with Gasteiger partial charge in [-0.05, 0) is 0 Å². The molecule has 34 nitrogen and oxygen atoms in total. The molecule has 28 N–H and O–H groups in total. The Morgan fingerprint density at radius 1 is 0.411 bits per heavy atom. The van der Waals surface area contributed by atoms with E-state index in [9.17, 15) is 86.5 Å². The molecule has 6 aliphatic heterocycles. The number of hydrogen-bond donors (Lipinski definition) is 22. The lowest BCUT2D eigenvalue weighted by Gasteiger charge is -2.51. The summed E-state index contributed by atoms with van der Waals surface area (Å²) in [5.74, 6) is -1.40. The largest absolute Gasteiger partial charge is 0.462 e. The summed E-state index contributed by atoms with van der Waals surface area (Å²) in [7, 11) is 0. The summed E-state index contributed by atoms with van der Waals surface area (Å²) < 4.78 is 62.0. The lowest BCUT2D eigenvalue weighted by atomic mass is 9.83. The summed E-state index contributed by atoms with van der Waals surface area (Å²) in [5.41, 5.74) is 31.2. The van der Waals surface area contributed by atoms with Crippen LogP contribution in [0, 0.1) is 0 Å². The molecule has 0 aromatic heterocycles. The van der Waals surface area contributed by atoms with Crippen molar-refractivity contribution in [1.29, 1.82) is 0 Å². The zero-order chi connectivity index (χ0) is 54.2. The number of nitrogens with two attached hydrogens (primary N) is 6. The van der Waals surface area contributed by atoms with Crippen molar-refractivity contribution in [2.45, 2.75) is 189 Å². The average molecular weight is 1070 g/mol. The molecule has 0 bridgehead atoms. The third-order valence-corrected chi connectivity index (χ3v) is 14.1. The highest BCUT2D eigenvalue weighted by Crippen LogP contribution is 2.38. The number of rotatable bonds is 18. The zero-order valence-corrected chi connectivity index (χ0v) is 38.8. The number of esters is 1. The van der Waals surface area contributed by atoms with Gasteiger partial charge in [0.2, 0.25) is 0 Å². The van der Waals surface area contributed by atoms with Gasteiger partial charge in [-0.15, -0.1) is 0 Å². The predicted octanol–water partition coefficient (Wildman–Crippen LogP) is -15.7. The van der Waals surface area contributed by atoms with Crippen molar-refractivity contribution in [1.82, 2.24) is 0 Å². The van der Waals surface area contributed by atoms with Gasteiger partial charge in [-0.1, -0.05) is 0 Å². The van der Waals surface area contributed by atoms with Crippen LogP contribution in [0.15, 0.2) is 0 Å². The molecule has 0 aliphatic carbocycles. The molecule has 426 valence electrons. The first kappa shape index (κ1) is 60.4. The second-order valence-corrected chi connectivity index (χ2v) is 18.9. The van der Waals surface area contributed by atoms with Gasteiger partial charge in [0.25, 0.3) is 0 Å². The van der Waals surface area contributed by atoms with Crippen LogP contribution in [0.2, 0.25) is 0 Å². The van der Waals surface area contributed by atoms with E-state index in [0.717, 1.165) is 0 Å². The molecule has 34 heteroatoms. The van der Waals surface area contributed by atoms with Gasteiger partial charge in [0.1, 0.15) is 110 Å². The van der Waals surface area contributed by atoms with E-state index in [1.165, 1.54) is 0 Å². The first-order valence-corrected chi connectivity index (χ1v) is 23.1. The van der Waals surface area contributed by atoms with E-state index in [1.54, 1.807) is 0 Å². The van der Waals surface area contributed by atoms with Crippen LogP contribution >= 0.6 is 0 Å². The van der Waals surface area contributed by atoms with Crippen molar-refractivity contribution in [3.63, 3.8) is 0 Å². The smallest absolute Gasteiger partial charge is 0.309 e. The lowest BCUT2D eigenvalue weighted by molar-refractivity contribution is -0.364. The minimum Gasteiger partial charge on any atom is -0.462 e. The molecule has 6 heterocycles. The standard InChI is InChI=1S/C39H72N6O28/c40-14-20(53)26(9(2-46)64-32(14)61)68-34-16(42)22(55)28(11(4-48)66-34)70-36-18(44)24(57)30(59)38(6-50,72-36)1-13(52)63-8-39(7-51)31(60)25(58)19(45)37(73-39)71-29-12(5-49)67-35(17(43)23(29)56)69-27-10(3-47)65-33(62)15(41)21(27)54/h9-12,14-37,46-51,53-62H,1-8,40-45H2/t9-,10-,11-,12-,14-,15-,16-,17-,18-,19-,20-,21-,22-,23-,24-,25-,26?,27?,28?,29?,30+,31+,32-,33-,34+,35+,36+,37+,38-,39-/m1/s1. The van der Waals surface area contributed by atoms with E-state index in [0.29, 0.717) is 0 Å². The summed E-state index contributed by atoms with van der Waals surface area (Å²) in [5, 5.41) is 170. The Morgan fingerprint density at radius 2 is 0.712 bits per heavy atom. The number of ether oxygens (including phenoxy) is 11. The van der Waals surface area contributed by atoms with Crippen LogP contribution in [0.1, 0.15) is 6.42 Å². The zero-order valence-electron chi connectivity index (χ0n) is 38.8. The maximum atomic E-state index is 13.6. The van der Waals surface area contributed by atoms with Gasteiger partial charge < -0.3 is 168 Å². The monoisotopic (exact) mass is 1070 g/mol. The van der Waals surface area contributed by atoms with Gasteiger partial charge in [-0.25, -0.2) is 0 Å². The molecule has 0 radical (unpaired) electrons. The SMILES string of the molecule is N[C@H]1[C@@H](OC2[C@@H](CO)O[C@@H](OC3[C@@H](CO)O[C@@H](O)[C@H](N)[C@H]3O)[C@H](N)[C@H]2O)O[C@](CO)(COC(=O)C[C@]2(CO)O[C@H](OC3[C@@H](CO)O[C@@H](OC4[C@@H](CO)O[C@@H](O)[C@H](N)[C@H]4O)[C@H](N)[C@H]3O)[C@H](N)[C@@H](O)[C@@H]2O)[C@@H](O)[C@@H]1O. The molecule has 0 saturated carbocycles. The third-order valence-electron chi connectivity index (χ3n) is 14.1. The van der Waals surface area contributed by atoms with Crippen LogP contribution in [0.5, 0.6) is 0 Å². The number of carbonyl (C=O) groups is 1. The van der Waals surface area contributed by atoms with Gasteiger partial charge in [0, 0.05) is 0 Å². The minimum absolute atomic E-state index is 0.779. The summed E-state index contributed by atoms with van der Waals surface area (Å²) in [4.78, 5) is 13.6. The fraction of sp³-hybridized carbons (Fsp3) is 0.974. The summed E-state index contributed by atoms with van der Waals surface area (Å²) in [6, 6.07) is -9.44. The number of carbonyl (C=O) groups excluding carboxylic acids is 1. The maximum absolute atomic E-state index is 13.6. The van der Waals surface area contributed by atoms with Crippen molar-refractivity contribution < 1.29 is 139 Å². The molecule has 6 aliphatic rings. The van der Waals surface area contributed by atoms with Gasteiger partial charge in [0.15, 0.2) is 43.3 Å². The molecule has 0 aromatic carbocycles. The fourth-order valence-electron chi connectivity index (χ4n) is 9.40. The topological polar surface area (TPSA) is 598 Å². The number of aliphatic hydroxyl groups excluding tert-OH is 16. The van der Waals surface area contributed by atoms with Gasteiger partial charge in [-0.3, -0.25) is 4.79 Å². The van der Waals surface area contributed by atoms with E-state index in [-0.39, 0.29) is 0 Å². The van der Waals surface area contributed by atoms with Crippen LogP contribution in [0.4, 0.5) is 0 Å². The molecule has 6 fully saturated rings. The Balaban J connectivity index is 1.11. The predicted molar refractivity (Wildman–Crippen MR) is 228 cm³/mol. The van der Waals surface area contributed by atoms with E-state index in [2.05, 4.69) is 0 Å². The van der Waals surface area contributed by atoms with Crippen molar-refractivity contribution in [3.8, 4) is 0 Å². The van der Waals surface area contributed by atoms with Gasteiger partial charge >= 0.3 is 5.97 Å². The van der Waals surface area contributed by atoms with Crippen molar-refractivity contribution in [2.75, 3.05) is 46.2 Å². The summed E-state index contributed by atoms with van der Waals surface area (Å²) in [6.45, 7) is -7.12. The molecule has 4 unspecified atom stereocenters. The summed E-state index contributed by atoms with van der Waals surface area (Å²) >= 11 is 0. The molecule has 6 rings (SSSR count). The second-order valence-electron chi connectivity index (χ2n) is 18.9. The average Bonchev–Trinajstić information content (AvgIpc) is 3.38. The Morgan fingerprint density at radius 3 is 1.07 bits per heavy atom. The second kappa shape index (κ2) is 24.9. The van der Waals surface area contributed by atoms with Gasteiger partial charge in [0.05, 0.1) is 82.3 Å². The van der Waals surface area contributed by atoms with Crippen LogP contribution in [-0.4, -0.2) is 317 Å².